The topological polar surface area (TPSA) is 40.5 Å². The van der Waals surface area contributed by atoms with E-state index in [0.29, 0.717) is 0 Å². The molecule has 28 heavy (non-hydrogen) atoms. The van der Waals surface area contributed by atoms with Gasteiger partial charge in [-0.25, -0.2) is 0 Å². The molecule has 0 amide bonds. The third-order valence-electron chi connectivity index (χ3n) is 5.32. The van der Waals surface area contributed by atoms with Gasteiger partial charge in [-0.2, -0.15) is 0 Å². The first-order valence-corrected chi connectivity index (χ1v) is 9.77. The summed E-state index contributed by atoms with van der Waals surface area (Å²) in [6.07, 6.45) is 2.91. The molecule has 4 rings (SSSR count). The number of allylic oxidation sites excluding steroid dienone is 4. The first-order valence-electron chi connectivity index (χ1n) is 9.77. The van der Waals surface area contributed by atoms with E-state index in [4.69, 9.17) is 0 Å². The molecule has 0 aromatic heterocycles. The van der Waals surface area contributed by atoms with E-state index in [1.807, 2.05) is 30.3 Å². The Hall–Kier alpha value is -3.26. The van der Waals surface area contributed by atoms with Crippen LogP contribution in [0.1, 0.15) is 42.9 Å². The molecule has 3 aromatic carbocycles. The van der Waals surface area contributed by atoms with E-state index >= 15 is 0 Å². The zero-order valence-electron chi connectivity index (χ0n) is 16.0. The zero-order valence-corrected chi connectivity index (χ0v) is 16.0. The molecule has 0 heterocycles. The van der Waals surface area contributed by atoms with Gasteiger partial charge in [-0.05, 0) is 76.1 Å². The Kier molecular flexibility index (Phi) is 5.03. The molecule has 140 valence electrons. The summed E-state index contributed by atoms with van der Waals surface area (Å²) in [6.45, 7) is 2.21. The lowest BCUT2D eigenvalue weighted by molar-refractivity contribution is 0.474. The zero-order chi connectivity index (χ0) is 19.5. The monoisotopic (exact) mass is 368 g/mol. The molecule has 0 saturated carbocycles. The Bertz CT molecular complexity index is 1020. The number of rotatable bonds is 5. The van der Waals surface area contributed by atoms with Crippen molar-refractivity contribution in [1.82, 2.24) is 0 Å². The summed E-state index contributed by atoms with van der Waals surface area (Å²) in [7, 11) is 0. The largest absolute Gasteiger partial charge is 0.508 e. The van der Waals surface area contributed by atoms with Crippen LogP contribution in [0.4, 0.5) is 0 Å². The van der Waals surface area contributed by atoms with Crippen LogP contribution in [0, 0.1) is 0 Å². The van der Waals surface area contributed by atoms with Crippen molar-refractivity contribution in [3.63, 3.8) is 0 Å². The van der Waals surface area contributed by atoms with Gasteiger partial charge in [0, 0.05) is 0 Å². The predicted octanol–water partition coefficient (Wildman–Crippen LogP) is 6.67. The molecule has 1 aliphatic rings. The fourth-order valence-electron chi connectivity index (χ4n) is 4.03. The van der Waals surface area contributed by atoms with E-state index in [9.17, 15) is 10.2 Å². The third-order valence-corrected chi connectivity index (χ3v) is 5.32. The number of hydrogen-bond donors (Lipinski definition) is 2. The molecule has 0 aliphatic heterocycles. The van der Waals surface area contributed by atoms with Gasteiger partial charge in [0.05, 0.1) is 0 Å². The summed E-state index contributed by atoms with van der Waals surface area (Å²) < 4.78 is 0. The molecule has 0 bridgehead atoms. The van der Waals surface area contributed by atoms with Crippen molar-refractivity contribution in [3.05, 3.63) is 101 Å². The summed E-state index contributed by atoms with van der Waals surface area (Å²) in [5.74, 6) is 0.568. The molecular weight excluding hydrogens is 344 g/mol. The molecule has 0 spiro atoms. The number of phenols is 2. The lowest BCUT2D eigenvalue weighted by Gasteiger charge is -2.13. The highest BCUT2D eigenvalue weighted by molar-refractivity contribution is 6.10. The molecule has 2 N–H and O–H groups in total. The van der Waals surface area contributed by atoms with E-state index < -0.39 is 0 Å². The van der Waals surface area contributed by atoms with Crippen LogP contribution in [0.5, 0.6) is 11.5 Å². The van der Waals surface area contributed by atoms with E-state index in [1.54, 1.807) is 24.3 Å². The molecule has 0 unspecified atom stereocenters. The fourth-order valence-corrected chi connectivity index (χ4v) is 4.03. The summed E-state index contributed by atoms with van der Waals surface area (Å²) in [5.41, 5.74) is 8.81. The SMILES string of the molecule is CCCC1=C(c2ccc(O)cc2)CC(c2ccc(O)cc2)=C1c1ccccc1. The lowest BCUT2D eigenvalue weighted by atomic mass is 9.91. The number of hydrogen-bond acceptors (Lipinski definition) is 2. The van der Waals surface area contributed by atoms with Gasteiger partial charge < -0.3 is 10.2 Å². The highest BCUT2D eigenvalue weighted by Gasteiger charge is 2.26. The minimum Gasteiger partial charge on any atom is -0.508 e. The molecular formula is C26H24O2. The average molecular weight is 368 g/mol. The second kappa shape index (κ2) is 7.77. The van der Waals surface area contributed by atoms with Crippen LogP contribution in [-0.2, 0) is 0 Å². The molecule has 1 aliphatic carbocycles. The summed E-state index contributed by atoms with van der Waals surface area (Å²) >= 11 is 0. The van der Waals surface area contributed by atoms with Crippen molar-refractivity contribution < 1.29 is 10.2 Å². The molecule has 0 fully saturated rings. The van der Waals surface area contributed by atoms with Crippen molar-refractivity contribution in [2.24, 2.45) is 0 Å². The number of phenolic OH excluding ortho intramolecular Hbond substituents is 2. The summed E-state index contributed by atoms with van der Waals surface area (Å²) in [4.78, 5) is 0. The Morgan fingerprint density at radius 3 is 1.71 bits per heavy atom. The maximum absolute atomic E-state index is 9.72. The van der Waals surface area contributed by atoms with E-state index in [-0.39, 0.29) is 11.5 Å². The van der Waals surface area contributed by atoms with Crippen molar-refractivity contribution >= 4 is 16.7 Å². The minimum absolute atomic E-state index is 0.282. The Balaban J connectivity index is 1.91. The molecule has 2 heteroatoms. The van der Waals surface area contributed by atoms with Gasteiger partial charge in [0.1, 0.15) is 11.5 Å². The van der Waals surface area contributed by atoms with Crippen LogP contribution in [0.3, 0.4) is 0 Å². The van der Waals surface area contributed by atoms with Gasteiger partial charge in [0.15, 0.2) is 0 Å². The van der Waals surface area contributed by atoms with Crippen LogP contribution >= 0.6 is 0 Å². The fraction of sp³-hybridized carbons (Fsp3) is 0.154. The second-order valence-corrected chi connectivity index (χ2v) is 7.20. The van der Waals surface area contributed by atoms with Gasteiger partial charge in [0.25, 0.3) is 0 Å². The normalized spacial score (nSPS) is 14.0. The highest BCUT2D eigenvalue weighted by atomic mass is 16.3. The molecule has 0 atom stereocenters. The first-order chi connectivity index (χ1) is 13.7. The quantitative estimate of drug-likeness (QED) is 0.528. The number of aromatic hydroxyl groups is 2. The Labute approximate surface area is 166 Å². The predicted molar refractivity (Wildman–Crippen MR) is 116 cm³/mol. The Morgan fingerprint density at radius 1 is 0.643 bits per heavy atom. The van der Waals surface area contributed by atoms with Crippen molar-refractivity contribution in [2.75, 3.05) is 0 Å². The van der Waals surface area contributed by atoms with Crippen molar-refractivity contribution in [3.8, 4) is 11.5 Å². The first kappa shape index (κ1) is 18.1. The summed E-state index contributed by atoms with van der Waals surface area (Å²) in [5, 5.41) is 19.4. The minimum atomic E-state index is 0.282. The van der Waals surface area contributed by atoms with E-state index in [0.717, 1.165) is 30.4 Å². The molecule has 2 nitrogen and oxygen atoms in total. The molecule has 0 radical (unpaired) electrons. The van der Waals surface area contributed by atoms with Gasteiger partial charge in [0.2, 0.25) is 0 Å². The van der Waals surface area contributed by atoms with Crippen LogP contribution in [0.15, 0.2) is 84.4 Å². The van der Waals surface area contributed by atoms with Crippen LogP contribution in [0.25, 0.3) is 16.7 Å². The second-order valence-electron chi connectivity index (χ2n) is 7.20. The van der Waals surface area contributed by atoms with Gasteiger partial charge in [-0.3, -0.25) is 0 Å². The lowest BCUT2D eigenvalue weighted by Crippen LogP contribution is -1.92. The van der Waals surface area contributed by atoms with Gasteiger partial charge >= 0.3 is 0 Å². The van der Waals surface area contributed by atoms with E-state index in [2.05, 4.69) is 31.2 Å². The van der Waals surface area contributed by atoms with Crippen LogP contribution < -0.4 is 0 Å². The van der Waals surface area contributed by atoms with Crippen molar-refractivity contribution in [2.45, 2.75) is 26.2 Å². The van der Waals surface area contributed by atoms with E-state index in [1.165, 1.54) is 27.9 Å². The van der Waals surface area contributed by atoms with Gasteiger partial charge in [-0.15, -0.1) is 0 Å². The summed E-state index contributed by atoms with van der Waals surface area (Å²) in [6, 6.07) is 25.6. The smallest absolute Gasteiger partial charge is 0.115 e. The highest BCUT2D eigenvalue weighted by Crippen LogP contribution is 2.49. The van der Waals surface area contributed by atoms with Crippen molar-refractivity contribution in [1.29, 1.82) is 0 Å². The third kappa shape index (κ3) is 3.46. The Morgan fingerprint density at radius 2 is 1.18 bits per heavy atom. The standard InChI is InChI=1S/C26H24O2/c1-2-6-23-24(18-9-13-21(27)14-10-18)17-25(19-11-15-22(28)16-12-19)26(23)20-7-4-3-5-8-20/h3-5,7-16,27-28H,2,6,17H2,1H3. The van der Waals surface area contributed by atoms with Gasteiger partial charge in [-0.1, -0.05) is 67.9 Å². The maximum atomic E-state index is 9.72. The molecule has 0 saturated heterocycles. The maximum Gasteiger partial charge on any atom is 0.115 e. The van der Waals surface area contributed by atoms with Crippen LogP contribution in [-0.4, -0.2) is 10.2 Å². The molecule has 3 aromatic rings. The average Bonchev–Trinajstić information content (AvgIpc) is 3.09. The van der Waals surface area contributed by atoms with Crippen LogP contribution in [0.2, 0.25) is 0 Å². The number of benzene rings is 3.